The molecule has 2 rings (SSSR count). The molecule has 96 valence electrons. The Kier molecular flexibility index (Phi) is 3.72. The monoisotopic (exact) mass is 250 g/mol. The predicted octanol–water partition coefficient (Wildman–Crippen LogP) is 2.75. The van der Waals surface area contributed by atoms with E-state index >= 15 is 0 Å². The van der Waals surface area contributed by atoms with Crippen LogP contribution in [-0.2, 0) is 0 Å². The first-order valence-corrected chi connectivity index (χ1v) is 5.90. The lowest BCUT2D eigenvalue weighted by atomic mass is 10.0. The average Bonchev–Trinajstić information content (AvgIpc) is 2.79. The second kappa shape index (κ2) is 5.27. The lowest BCUT2D eigenvalue weighted by molar-refractivity contribution is 0.141. The summed E-state index contributed by atoms with van der Waals surface area (Å²) in [4.78, 5) is 4.16. The zero-order valence-electron chi connectivity index (χ0n) is 10.3. The molecule has 2 aromatic rings. The van der Waals surface area contributed by atoms with E-state index < -0.39 is 11.9 Å². The first kappa shape index (κ1) is 12.7. The molecule has 0 aliphatic carbocycles. The summed E-state index contributed by atoms with van der Waals surface area (Å²) in [5.74, 6) is -0.0686. The summed E-state index contributed by atoms with van der Waals surface area (Å²) in [5.41, 5.74) is 0.299. The van der Waals surface area contributed by atoms with Gasteiger partial charge in [-0.15, -0.1) is 0 Å². The maximum absolute atomic E-state index is 13.6. The minimum atomic E-state index is -0.580. The zero-order valence-corrected chi connectivity index (χ0v) is 10.3. The maximum atomic E-state index is 13.6. The van der Waals surface area contributed by atoms with Crippen molar-refractivity contribution in [3.63, 3.8) is 0 Å². The van der Waals surface area contributed by atoms with E-state index in [1.54, 1.807) is 25.1 Å². The summed E-state index contributed by atoms with van der Waals surface area (Å²) in [6, 6.07) is 6.25. The van der Waals surface area contributed by atoms with Gasteiger partial charge in [-0.2, -0.15) is 4.98 Å². The van der Waals surface area contributed by atoms with Gasteiger partial charge >= 0.3 is 0 Å². The van der Waals surface area contributed by atoms with Crippen LogP contribution in [0.2, 0.25) is 0 Å². The molecule has 0 spiro atoms. The molecule has 0 fully saturated rings. The van der Waals surface area contributed by atoms with Crippen LogP contribution < -0.4 is 0 Å². The molecular formula is C13H15FN2O2. The Labute approximate surface area is 104 Å². The maximum Gasteiger partial charge on any atom is 0.232 e. The van der Waals surface area contributed by atoms with Gasteiger partial charge < -0.3 is 9.63 Å². The SMILES string of the molecule is CCC(c1nc(-c2ccccc2F)no1)C(C)O. The molecule has 0 aliphatic rings. The highest BCUT2D eigenvalue weighted by Crippen LogP contribution is 2.25. The van der Waals surface area contributed by atoms with Crippen LogP contribution in [0.4, 0.5) is 4.39 Å². The minimum absolute atomic E-state index is 0.210. The number of aliphatic hydroxyl groups is 1. The van der Waals surface area contributed by atoms with Gasteiger partial charge in [-0.1, -0.05) is 24.2 Å². The molecule has 2 unspecified atom stereocenters. The van der Waals surface area contributed by atoms with Crippen molar-refractivity contribution in [1.82, 2.24) is 10.1 Å². The van der Waals surface area contributed by atoms with E-state index in [1.165, 1.54) is 6.07 Å². The van der Waals surface area contributed by atoms with E-state index in [1.807, 2.05) is 6.92 Å². The fourth-order valence-corrected chi connectivity index (χ4v) is 1.86. The van der Waals surface area contributed by atoms with Gasteiger partial charge in [0.05, 0.1) is 17.6 Å². The van der Waals surface area contributed by atoms with E-state index in [2.05, 4.69) is 10.1 Å². The van der Waals surface area contributed by atoms with Gasteiger partial charge in [0.2, 0.25) is 11.7 Å². The highest BCUT2D eigenvalue weighted by atomic mass is 19.1. The Morgan fingerprint density at radius 2 is 2.11 bits per heavy atom. The highest BCUT2D eigenvalue weighted by molar-refractivity contribution is 5.54. The molecule has 0 aliphatic heterocycles. The van der Waals surface area contributed by atoms with Gasteiger partial charge in [-0.3, -0.25) is 0 Å². The van der Waals surface area contributed by atoms with Gasteiger partial charge in [0, 0.05) is 0 Å². The average molecular weight is 250 g/mol. The number of benzene rings is 1. The number of halogens is 1. The van der Waals surface area contributed by atoms with Crippen LogP contribution in [0.25, 0.3) is 11.4 Å². The van der Waals surface area contributed by atoms with Gasteiger partial charge in [-0.05, 0) is 25.5 Å². The Morgan fingerprint density at radius 1 is 1.39 bits per heavy atom. The molecule has 5 heteroatoms. The number of nitrogens with zero attached hydrogens (tertiary/aromatic N) is 2. The van der Waals surface area contributed by atoms with Gasteiger partial charge in [0.1, 0.15) is 5.82 Å². The summed E-state index contributed by atoms with van der Waals surface area (Å²) < 4.78 is 18.7. The molecule has 2 atom stereocenters. The van der Waals surface area contributed by atoms with Crippen molar-refractivity contribution in [1.29, 1.82) is 0 Å². The number of rotatable bonds is 4. The lowest BCUT2D eigenvalue weighted by Crippen LogP contribution is -2.14. The topological polar surface area (TPSA) is 59.2 Å². The van der Waals surface area contributed by atoms with E-state index in [0.717, 1.165) is 0 Å². The summed E-state index contributed by atoms with van der Waals surface area (Å²) in [5, 5.41) is 13.4. The van der Waals surface area contributed by atoms with Crippen LogP contribution in [0.1, 0.15) is 32.1 Å². The van der Waals surface area contributed by atoms with E-state index in [0.29, 0.717) is 17.9 Å². The third-order valence-electron chi connectivity index (χ3n) is 2.90. The largest absolute Gasteiger partial charge is 0.393 e. The third-order valence-corrected chi connectivity index (χ3v) is 2.90. The van der Waals surface area contributed by atoms with Crippen LogP contribution in [0.5, 0.6) is 0 Å². The Bertz CT molecular complexity index is 525. The van der Waals surface area contributed by atoms with E-state index in [4.69, 9.17) is 4.52 Å². The Hall–Kier alpha value is -1.75. The lowest BCUT2D eigenvalue weighted by Gasteiger charge is -2.12. The van der Waals surface area contributed by atoms with Crippen molar-refractivity contribution < 1.29 is 14.0 Å². The minimum Gasteiger partial charge on any atom is -0.393 e. The van der Waals surface area contributed by atoms with Gasteiger partial charge in [0.25, 0.3) is 0 Å². The fourth-order valence-electron chi connectivity index (χ4n) is 1.86. The van der Waals surface area contributed by atoms with Gasteiger partial charge in [-0.25, -0.2) is 4.39 Å². The molecular weight excluding hydrogens is 235 g/mol. The van der Waals surface area contributed by atoms with Crippen molar-refractivity contribution in [2.75, 3.05) is 0 Å². The number of hydrogen-bond donors (Lipinski definition) is 1. The van der Waals surface area contributed by atoms with Crippen LogP contribution in [0, 0.1) is 5.82 Å². The number of aliphatic hydroxyl groups excluding tert-OH is 1. The first-order valence-electron chi connectivity index (χ1n) is 5.90. The molecule has 1 aromatic heterocycles. The molecule has 0 saturated carbocycles. The molecule has 1 N–H and O–H groups in total. The quantitative estimate of drug-likeness (QED) is 0.906. The summed E-state index contributed by atoms with van der Waals surface area (Å²) in [7, 11) is 0. The zero-order chi connectivity index (χ0) is 13.1. The standard InChI is InChI=1S/C13H15FN2O2/c1-3-9(8(2)17)13-15-12(16-18-13)10-6-4-5-7-11(10)14/h4-9,17H,3H2,1-2H3. The number of aromatic nitrogens is 2. The van der Waals surface area contributed by atoms with Crippen LogP contribution in [-0.4, -0.2) is 21.4 Å². The fraction of sp³-hybridized carbons (Fsp3) is 0.385. The van der Waals surface area contributed by atoms with Crippen molar-refractivity contribution in [2.45, 2.75) is 32.3 Å². The first-order chi connectivity index (χ1) is 8.63. The van der Waals surface area contributed by atoms with Crippen LogP contribution in [0.15, 0.2) is 28.8 Å². The molecule has 0 radical (unpaired) electrons. The van der Waals surface area contributed by atoms with Crippen LogP contribution in [0.3, 0.4) is 0 Å². The number of hydrogen-bond acceptors (Lipinski definition) is 4. The second-order valence-corrected chi connectivity index (χ2v) is 4.19. The smallest absolute Gasteiger partial charge is 0.232 e. The second-order valence-electron chi connectivity index (χ2n) is 4.19. The molecule has 0 saturated heterocycles. The van der Waals surface area contributed by atoms with E-state index in [9.17, 15) is 9.50 Å². The van der Waals surface area contributed by atoms with Crippen molar-refractivity contribution in [3.8, 4) is 11.4 Å². The molecule has 1 aromatic carbocycles. The normalized spacial score (nSPS) is 14.4. The predicted molar refractivity (Wildman–Crippen MR) is 64.4 cm³/mol. The highest BCUT2D eigenvalue weighted by Gasteiger charge is 2.23. The summed E-state index contributed by atoms with van der Waals surface area (Å²) in [6.45, 7) is 3.59. The molecule has 18 heavy (non-hydrogen) atoms. The van der Waals surface area contributed by atoms with Crippen LogP contribution >= 0.6 is 0 Å². The van der Waals surface area contributed by atoms with Crippen molar-refractivity contribution in [2.24, 2.45) is 0 Å². The molecule has 4 nitrogen and oxygen atoms in total. The Morgan fingerprint density at radius 3 is 2.72 bits per heavy atom. The molecule has 0 bridgehead atoms. The third kappa shape index (κ3) is 2.41. The van der Waals surface area contributed by atoms with Gasteiger partial charge in [0.15, 0.2) is 0 Å². The van der Waals surface area contributed by atoms with E-state index in [-0.39, 0.29) is 11.7 Å². The summed E-state index contributed by atoms with van der Waals surface area (Å²) >= 11 is 0. The Balaban J connectivity index is 2.34. The van der Waals surface area contributed by atoms with Crippen molar-refractivity contribution in [3.05, 3.63) is 36.0 Å². The molecule has 1 heterocycles. The van der Waals surface area contributed by atoms with Crippen molar-refractivity contribution >= 4 is 0 Å². The molecule has 0 amide bonds. The summed E-state index contributed by atoms with van der Waals surface area (Å²) in [6.07, 6.45) is 0.0975.